The fraction of sp³-hybridized carbons (Fsp3) is 0.778. The summed E-state index contributed by atoms with van der Waals surface area (Å²) in [5, 5.41) is 0. The molecule has 2 atom stereocenters. The van der Waals surface area contributed by atoms with Crippen LogP contribution < -0.4 is 9.80 Å². The third kappa shape index (κ3) is 3.21. The van der Waals surface area contributed by atoms with E-state index in [1.807, 2.05) is 0 Å². The lowest BCUT2D eigenvalue weighted by atomic mass is 9.99. The maximum atomic E-state index is 4.60. The Labute approximate surface area is 134 Å². The lowest BCUT2D eigenvalue weighted by molar-refractivity contribution is 0.441. The molecule has 0 radical (unpaired) electrons. The van der Waals surface area contributed by atoms with E-state index in [0.717, 1.165) is 24.7 Å². The van der Waals surface area contributed by atoms with Crippen LogP contribution >= 0.6 is 0 Å². The lowest BCUT2D eigenvalue weighted by Gasteiger charge is -2.38. The molecule has 3 heterocycles. The average molecular weight is 302 g/mol. The predicted octanol–water partition coefficient (Wildman–Crippen LogP) is 4.01. The van der Waals surface area contributed by atoms with E-state index in [-0.39, 0.29) is 0 Å². The van der Waals surface area contributed by atoms with E-state index < -0.39 is 0 Å². The van der Waals surface area contributed by atoms with Crippen LogP contribution in [-0.4, -0.2) is 35.1 Å². The van der Waals surface area contributed by atoms with Crippen LogP contribution in [0.15, 0.2) is 12.4 Å². The lowest BCUT2D eigenvalue weighted by Crippen LogP contribution is -2.41. The molecule has 0 aliphatic carbocycles. The molecule has 0 amide bonds. The number of anilines is 2. The van der Waals surface area contributed by atoms with Gasteiger partial charge in [0.05, 0.1) is 0 Å². The molecule has 2 aliphatic rings. The molecular formula is C18H30N4. The maximum Gasteiger partial charge on any atom is 0.134 e. The second-order valence-electron chi connectivity index (χ2n) is 6.74. The number of rotatable bonds is 4. The molecular weight excluding hydrogens is 272 g/mol. The summed E-state index contributed by atoms with van der Waals surface area (Å²) in [5.74, 6) is 2.27. The van der Waals surface area contributed by atoms with Crippen molar-refractivity contribution in [3.05, 3.63) is 12.4 Å². The first-order valence-corrected chi connectivity index (χ1v) is 9.18. The van der Waals surface area contributed by atoms with Gasteiger partial charge in [-0.25, -0.2) is 9.97 Å². The van der Waals surface area contributed by atoms with Crippen molar-refractivity contribution in [3.63, 3.8) is 0 Å². The van der Waals surface area contributed by atoms with Gasteiger partial charge in [-0.2, -0.15) is 0 Å². The van der Waals surface area contributed by atoms with E-state index in [4.69, 9.17) is 0 Å². The fourth-order valence-electron chi connectivity index (χ4n) is 4.10. The van der Waals surface area contributed by atoms with E-state index in [1.54, 1.807) is 6.33 Å². The second kappa shape index (κ2) is 7.30. The number of nitrogens with zero attached hydrogens (tertiary/aromatic N) is 4. The summed E-state index contributed by atoms with van der Waals surface area (Å²) in [7, 11) is 0. The zero-order valence-electron chi connectivity index (χ0n) is 14.2. The van der Waals surface area contributed by atoms with E-state index in [2.05, 4.69) is 39.7 Å². The van der Waals surface area contributed by atoms with Crippen molar-refractivity contribution in [2.45, 2.75) is 77.3 Å². The SMILES string of the molecule is CCC1CCCCN1c1cc(N2CCCCC2CC)ncn1. The van der Waals surface area contributed by atoms with Crippen LogP contribution in [0.4, 0.5) is 11.6 Å². The molecule has 2 aliphatic heterocycles. The normalized spacial score (nSPS) is 26.3. The van der Waals surface area contributed by atoms with E-state index in [9.17, 15) is 0 Å². The van der Waals surface area contributed by atoms with Crippen molar-refractivity contribution >= 4 is 11.6 Å². The molecule has 4 nitrogen and oxygen atoms in total. The van der Waals surface area contributed by atoms with Gasteiger partial charge < -0.3 is 9.80 Å². The molecule has 0 N–H and O–H groups in total. The number of piperidine rings is 2. The van der Waals surface area contributed by atoms with Gasteiger partial charge in [-0.05, 0) is 51.4 Å². The molecule has 22 heavy (non-hydrogen) atoms. The third-order valence-corrected chi connectivity index (χ3v) is 5.42. The van der Waals surface area contributed by atoms with Crippen LogP contribution in [0, 0.1) is 0 Å². The molecule has 2 saturated heterocycles. The topological polar surface area (TPSA) is 32.3 Å². The molecule has 1 aromatic heterocycles. The van der Waals surface area contributed by atoms with Crippen molar-refractivity contribution < 1.29 is 0 Å². The molecule has 2 fully saturated rings. The summed E-state index contributed by atoms with van der Waals surface area (Å²) in [6, 6.07) is 3.54. The van der Waals surface area contributed by atoms with Crippen LogP contribution in [-0.2, 0) is 0 Å². The molecule has 1 aromatic rings. The summed E-state index contributed by atoms with van der Waals surface area (Å²) < 4.78 is 0. The van der Waals surface area contributed by atoms with Crippen LogP contribution in [0.25, 0.3) is 0 Å². The van der Waals surface area contributed by atoms with Gasteiger partial charge >= 0.3 is 0 Å². The van der Waals surface area contributed by atoms with Crippen molar-refractivity contribution in [1.82, 2.24) is 9.97 Å². The number of hydrogen-bond donors (Lipinski definition) is 0. The highest BCUT2D eigenvalue weighted by atomic mass is 15.3. The van der Waals surface area contributed by atoms with Gasteiger partial charge in [0.2, 0.25) is 0 Å². The van der Waals surface area contributed by atoms with Gasteiger partial charge in [0, 0.05) is 31.2 Å². The largest absolute Gasteiger partial charge is 0.353 e. The van der Waals surface area contributed by atoms with Gasteiger partial charge in [0.15, 0.2) is 0 Å². The van der Waals surface area contributed by atoms with Crippen LogP contribution in [0.1, 0.15) is 65.2 Å². The molecule has 2 unspecified atom stereocenters. The number of aromatic nitrogens is 2. The Balaban J connectivity index is 1.82. The zero-order chi connectivity index (χ0) is 15.4. The van der Waals surface area contributed by atoms with E-state index in [1.165, 1.54) is 51.4 Å². The predicted molar refractivity (Wildman–Crippen MR) is 92.6 cm³/mol. The molecule has 0 spiro atoms. The first-order chi connectivity index (χ1) is 10.8. The Hall–Kier alpha value is -1.32. The van der Waals surface area contributed by atoms with Crippen LogP contribution in [0.2, 0.25) is 0 Å². The maximum absolute atomic E-state index is 4.60. The minimum Gasteiger partial charge on any atom is -0.353 e. The van der Waals surface area contributed by atoms with E-state index in [0.29, 0.717) is 12.1 Å². The van der Waals surface area contributed by atoms with Crippen LogP contribution in [0.5, 0.6) is 0 Å². The zero-order valence-corrected chi connectivity index (χ0v) is 14.2. The van der Waals surface area contributed by atoms with Crippen molar-refractivity contribution in [1.29, 1.82) is 0 Å². The smallest absolute Gasteiger partial charge is 0.134 e. The first-order valence-electron chi connectivity index (χ1n) is 9.18. The summed E-state index contributed by atoms with van der Waals surface area (Å²) in [5.41, 5.74) is 0. The summed E-state index contributed by atoms with van der Waals surface area (Å²) in [6.45, 7) is 6.88. The Morgan fingerprint density at radius 1 is 0.864 bits per heavy atom. The molecule has 3 rings (SSSR count). The van der Waals surface area contributed by atoms with E-state index >= 15 is 0 Å². The van der Waals surface area contributed by atoms with Gasteiger partial charge in [-0.3, -0.25) is 0 Å². The Kier molecular flexibility index (Phi) is 5.16. The fourth-order valence-corrected chi connectivity index (χ4v) is 4.10. The minimum atomic E-state index is 0.653. The number of hydrogen-bond acceptors (Lipinski definition) is 4. The monoisotopic (exact) mass is 302 g/mol. The Morgan fingerprint density at radius 2 is 1.36 bits per heavy atom. The van der Waals surface area contributed by atoms with Crippen LogP contribution in [0.3, 0.4) is 0 Å². The second-order valence-corrected chi connectivity index (χ2v) is 6.74. The molecule has 122 valence electrons. The summed E-state index contributed by atoms with van der Waals surface area (Å²) >= 11 is 0. The van der Waals surface area contributed by atoms with Gasteiger partial charge in [-0.15, -0.1) is 0 Å². The molecule has 0 saturated carbocycles. The van der Waals surface area contributed by atoms with Crippen molar-refractivity contribution in [2.24, 2.45) is 0 Å². The average Bonchev–Trinajstić information content (AvgIpc) is 2.61. The van der Waals surface area contributed by atoms with Crippen molar-refractivity contribution in [3.8, 4) is 0 Å². The highest BCUT2D eigenvalue weighted by Crippen LogP contribution is 2.29. The highest BCUT2D eigenvalue weighted by Gasteiger charge is 2.25. The van der Waals surface area contributed by atoms with Gasteiger partial charge in [-0.1, -0.05) is 13.8 Å². The summed E-state index contributed by atoms with van der Waals surface area (Å²) in [4.78, 5) is 14.2. The van der Waals surface area contributed by atoms with Gasteiger partial charge in [0.1, 0.15) is 18.0 Å². The minimum absolute atomic E-state index is 0.653. The van der Waals surface area contributed by atoms with Crippen molar-refractivity contribution in [2.75, 3.05) is 22.9 Å². The molecule has 4 heteroatoms. The first kappa shape index (κ1) is 15.6. The molecule has 0 aromatic carbocycles. The standard InChI is InChI=1S/C18H30N4/c1-3-15-9-5-7-11-21(15)17-13-18(20-14-19-17)22-12-8-6-10-16(22)4-2/h13-16H,3-12H2,1-2H3. The Bertz CT molecular complexity index is 437. The Morgan fingerprint density at radius 3 is 1.82 bits per heavy atom. The summed E-state index contributed by atoms with van der Waals surface area (Å²) in [6.07, 6.45) is 12.1. The molecule has 0 bridgehead atoms. The van der Waals surface area contributed by atoms with Gasteiger partial charge in [0.25, 0.3) is 0 Å². The highest BCUT2D eigenvalue weighted by molar-refractivity contribution is 5.51. The third-order valence-electron chi connectivity index (χ3n) is 5.42. The quantitative estimate of drug-likeness (QED) is 0.841.